The van der Waals surface area contributed by atoms with Crippen molar-refractivity contribution in [3.63, 3.8) is 0 Å². The van der Waals surface area contributed by atoms with E-state index in [4.69, 9.17) is 10.5 Å². The summed E-state index contributed by atoms with van der Waals surface area (Å²) in [5, 5.41) is 3.22. The standard InChI is InChI=1S/C10H16N4O/c1-15-8-6-13-10(11)14-9(8)12-5-4-7-2-3-7/h6-7H,2-5H2,1H3,(H3,11,12,13,14). The van der Waals surface area contributed by atoms with Gasteiger partial charge in [0.05, 0.1) is 13.3 Å². The van der Waals surface area contributed by atoms with Crippen LogP contribution in [-0.2, 0) is 0 Å². The van der Waals surface area contributed by atoms with E-state index in [1.807, 2.05) is 0 Å². The van der Waals surface area contributed by atoms with Crippen molar-refractivity contribution < 1.29 is 4.74 Å². The van der Waals surface area contributed by atoms with Gasteiger partial charge in [0.1, 0.15) is 0 Å². The summed E-state index contributed by atoms with van der Waals surface area (Å²) in [5.41, 5.74) is 5.51. The van der Waals surface area contributed by atoms with Crippen LogP contribution in [0.4, 0.5) is 11.8 Å². The lowest BCUT2D eigenvalue weighted by Gasteiger charge is -2.09. The second kappa shape index (κ2) is 4.33. The average Bonchev–Trinajstić information content (AvgIpc) is 3.02. The van der Waals surface area contributed by atoms with E-state index in [9.17, 15) is 0 Å². The molecule has 1 aliphatic carbocycles. The summed E-state index contributed by atoms with van der Waals surface area (Å²) in [7, 11) is 1.60. The van der Waals surface area contributed by atoms with Crippen molar-refractivity contribution in [2.75, 3.05) is 24.7 Å². The first-order valence-corrected chi connectivity index (χ1v) is 5.20. The zero-order valence-electron chi connectivity index (χ0n) is 8.86. The predicted octanol–water partition coefficient (Wildman–Crippen LogP) is 1.28. The molecule has 5 nitrogen and oxygen atoms in total. The van der Waals surface area contributed by atoms with E-state index < -0.39 is 0 Å². The highest BCUT2D eigenvalue weighted by Crippen LogP contribution is 2.32. The first-order chi connectivity index (χ1) is 7.29. The van der Waals surface area contributed by atoms with Crippen molar-refractivity contribution in [3.8, 4) is 5.75 Å². The van der Waals surface area contributed by atoms with Gasteiger partial charge in [-0.2, -0.15) is 4.98 Å². The van der Waals surface area contributed by atoms with Gasteiger partial charge in [-0.25, -0.2) is 4.98 Å². The van der Waals surface area contributed by atoms with Gasteiger partial charge >= 0.3 is 0 Å². The fraction of sp³-hybridized carbons (Fsp3) is 0.600. The average molecular weight is 208 g/mol. The van der Waals surface area contributed by atoms with Gasteiger partial charge in [0.15, 0.2) is 11.6 Å². The first-order valence-electron chi connectivity index (χ1n) is 5.20. The van der Waals surface area contributed by atoms with E-state index in [2.05, 4.69) is 15.3 Å². The van der Waals surface area contributed by atoms with E-state index in [1.165, 1.54) is 19.3 Å². The van der Waals surface area contributed by atoms with Gasteiger partial charge in [-0.05, 0) is 12.3 Å². The summed E-state index contributed by atoms with van der Waals surface area (Å²) < 4.78 is 5.13. The topological polar surface area (TPSA) is 73.1 Å². The molecule has 1 fully saturated rings. The minimum Gasteiger partial charge on any atom is -0.491 e. The maximum Gasteiger partial charge on any atom is 0.222 e. The molecule has 0 atom stereocenters. The Morgan fingerprint density at radius 1 is 1.60 bits per heavy atom. The number of ether oxygens (including phenoxy) is 1. The fourth-order valence-corrected chi connectivity index (χ4v) is 1.46. The van der Waals surface area contributed by atoms with Gasteiger partial charge < -0.3 is 15.8 Å². The van der Waals surface area contributed by atoms with Crippen LogP contribution in [0.1, 0.15) is 19.3 Å². The van der Waals surface area contributed by atoms with Crippen LogP contribution >= 0.6 is 0 Å². The maximum atomic E-state index is 5.51. The quantitative estimate of drug-likeness (QED) is 0.762. The molecule has 0 unspecified atom stereocenters. The molecule has 5 heteroatoms. The van der Waals surface area contributed by atoms with E-state index in [-0.39, 0.29) is 5.95 Å². The maximum absolute atomic E-state index is 5.51. The Balaban J connectivity index is 1.94. The lowest BCUT2D eigenvalue weighted by Crippen LogP contribution is -2.08. The molecule has 2 rings (SSSR count). The highest BCUT2D eigenvalue weighted by Gasteiger charge is 2.20. The Bertz CT molecular complexity index is 338. The molecule has 0 aromatic carbocycles. The zero-order valence-corrected chi connectivity index (χ0v) is 8.86. The highest BCUT2D eigenvalue weighted by atomic mass is 16.5. The van der Waals surface area contributed by atoms with Crippen LogP contribution in [0.2, 0.25) is 0 Å². The predicted molar refractivity (Wildman–Crippen MR) is 58.8 cm³/mol. The molecule has 1 aliphatic rings. The van der Waals surface area contributed by atoms with Crippen molar-refractivity contribution in [2.24, 2.45) is 5.92 Å². The molecule has 3 N–H and O–H groups in total. The van der Waals surface area contributed by atoms with Crippen molar-refractivity contribution in [3.05, 3.63) is 6.20 Å². The smallest absolute Gasteiger partial charge is 0.222 e. The highest BCUT2D eigenvalue weighted by molar-refractivity contribution is 5.50. The van der Waals surface area contributed by atoms with Crippen molar-refractivity contribution in [1.29, 1.82) is 0 Å². The molecule has 1 saturated carbocycles. The molecule has 15 heavy (non-hydrogen) atoms. The van der Waals surface area contributed by atoms with Gasteiger partial charge in [0, 0.05) is 6.54 Å². The molecular weight excluding hydrogens is 192 g/mol. The van der Waals surface area contributed by atoms with Crippen molar-refractivity contribution in [2.45, 2.75) is 19.3 Å². The number of aromatic nitrogens is 2. The van der Waals surface area contributed by atoms with Gasteiger partial charge in [0.25, 0.3) is 0 Å². The number of methoxy groups -OCH3 is 1. The van der Waals surface area contributed by atoms with E-state index in [1.54, 1.807) is 13.3 Å². The Hall–Kier alpha value is -1.52. The summed E-state index contributed by atoms with van der Waals surface area (Å²) in [5.74, 6) is 2.50. The third-order valence-corrected chi connectivity index (χ3v) is 2.54. The van der Waals surface area contributed by atoms with Crippen LogP contribution in [0.5, 0.6) is 5.75 Å². The van der Waals surface area contributed by atoms with E-state index >= 15 is 0 Å². The number of hydrogen-bond donors (Lipinski definition) is 2. The molecule has 0 amide bonds. The fourth-order valence-electron chi connectivity index (χ4n) is 1.46. The summed E-state index contributed by atoms with van der Waals surface area (Å²) in [6.07, 6.45) is 5.50. The number of anilines is 2. The summed E-state index contributed by atoms with van der Waals surface area (Å²) in [6.45, 7) is 0.914. The number of nitrogen functional groups attached to an aromatic ring is 1. The van der Waals surface area contributed by atoms with Crippen LogP contribution in [-0.4, -0.2) is 23.6 Å². The molecule has 0 bridgehead atoms. The van der Waals surface area contributed by atoms with Crippen LogP contribution < -0.4 is 15.8 Å². The Kier molecular flexibility index (Phi) is 2.89. The molecular formula is C10H16N4O. The monoisotopic (exact) mass is 208 g/mol. The molecule has 1 aromatic heterocycles. The largest absolute Gasteiger partial charge is 0.491 e. The number of hydrogen-bond acceptors (Lipinski definition) is 5. The number of nitrogens with one attached hydrogen (secondary N) is 1. The number of nitrogens with two attached hydrogens (primary N) is 1. The van der Waals surface area contributed by atoms with Crippen molar-refractivity contribution >= 4 is 11.8 Å². The summed E-state index contributed by atoms with van der Waals surface area (Å²) in [4.78, 5) is 7.96. The second-order valence-corrected chi connectivity index (χ2v) is 3.80. The Labute approximate surface area is 89.1 Å². The van der Waals surface area contributed by atoms with E-state index in [0.717, 1.165) is 12.5 Å². The SMILES string of the molecule is COc1cnc(N)nc1NCCC1CC1. The first kappa shape index (κ1) is 10.0. The molecule has 0 saturated heterocycles. The number of rotatable bonds is 5. The van der Waals surface area contributed by atoms with Crippen LogP contribution in [0.15, 0.2) is 6.20 Å². The van der Waals surface area contributed by atoms with Gasteiger partial charge in [0.2, 0.25) is 5.95 Å². The van der Waals surface area contributed by atoms with Crippen LogP contribution in [0, 0.1) is 5.92 Å². The summed E-state index contributed by atoms with van der Waals surface area (Å²) >= 11 is 0. The molecule has 1 heterocycles. The van der Waals surface area contributed by atoms with Gasteiger partial charge in [-0.3, -0.25) is 0 Å². The van der Waals surface area contributed by atoms with Crippen molar-refractivity contribution in [1.82, 2.24) is 9.97 Å². The minimum atomic E-state index is 0.268. The van der Waals surface area contributed by atoms with Crippen LogP contribution in [0.3, 0.4) is 0 Å². The lowest BCUT2D eigenvalue weighted by molar-refractivity contribution is 0.413. The second-order valence-electron chi connectivity index (χ2n) is 3.80. The third kappa shape index (κ3) is 2.71. The molecule has 0 aliphatic heterocycles. The lowest BCUT2D eigenvalue weighted by atomic mass is 10.3. The molecule has 0 spiro atoms. The Morgan fingerprint density at radius 3 is 3.07 bits per heavy atom. The Morgan fingerprint density at radius 2 is 2.40 bits per heavy atom. The third-order valence-electron chi connectivity index (χ3n) is 2.54. The molecule has 1 aromatic rings. The van der Waals surface area contributed by atoms with Crippen LogP contribution in [0.25, 0.3) is 0 Å². The molecule has 0 radical (unpaired) electrons. The van der Waals surface area contributed by atoms with E-state index in [0.29, 0.717) is 11.6 Å². The normalized spacial score (nSPS) is 15.0. The number of nitrogens with zero attached hydrogens (tertiary/aromatic N) is 2. The zero-order chi connectivity index (χ0) is 10.7. The summed E-state index contributed by atoms with van der Waals surface area (Å²) in [6, 6.07) is 0. The molecule has 82 valence electrons. The van der Waals surface area contributed by atoms with Gasteiger partial charge in [-0.1, -0.05) is 12.8 Å². The van der Waals surface area contributed by atoms with Gasteiger partial charge in [-0.15, -0.1) is 0 Å². The minimum absolute atomic E-state index is 0.268.